The molecule has 0 amide bonds. The Balaban J connectivity index is 2.52. The van der Waals surface area contributed by atoms with Gasteiger partial charge in [-0.25, -0.2) is 14.6 Å². The second kappa shape index (κ2) is 5.38. The highest BCUT2D eigenvalue weighted by atomic mass is 15.3. The van der Waals surface area contributed by atoms with Crippen molar-refractivity contribution >= 4 is 5.82 Å². The second-order valence-corrected chi connectivity index (χ2v) is 4.73. The number of rotatable bonds is 4. The van der Waals surface area contributed by atoms with Crippen molar-refractivity contribution in [2.45, 2.75) is 47.0 Å². The van der Waals surface area contributed by atoms with Gasteiger partial charge in [0.15, 0.2) is 5.82 Å². The first-order valence-corrected chi connectivity index (χ1v) is 6.75. The zero-order chi connectivity index (χ0) is 14.0. The number of nitrogens with two attached hydrogens (primary N) is 1. The summed E-state index contributed by atoms with van der Waals surface area (Å²) in [5.41, 5.74) is 9.31. The lowest BCUT2D eigenvalue weighted by Crippen LogP contribution is -2.08. The molecule has 0 atom stereocenters. The van der Waals surface area contributed by atoms with Crippen LogP contribution < -0.4 is 5.73 Å². The van der Waals surface area contributed by atoms with Crippen LogP contribution in [0.3, 0.4) is 0 Å². The van der Waals surface area contributed by atoms with E-state index < -0.39 is 0 Å². The van der Waals surface area contributed by atoms with Crippen molar-refractivity contribution in [1.29, 1.82) is 0 Å². The molecule has 0 saturated heterocycles. The molecule has 0 bridgehead atoms. The highest BCUT2D eigenvalue weighted by Crippen LogP contribution is 2.18. The summed E-state index contributed by atoms with van der Waals surface area (Å²) in [6, 6.07) is 1.78. The van der Waals surface area contributed by atoms with Crippen LogP contribution in [-0.2, 0) is 12.8 Å². The zero-order valence-corrected chi connectivity index (χ0v) is 12.1. The molecule has 0 fully saturated rings. The number of anilines is 1. The highest BCUT2D eigenvalue weighted by molar-refractivity contribution is 5.40. The third-order valence-electron chi connectivity index (χ3n) is 3.26. The summed E-state index contributed by atoms with van der Waals surface area (Å²) in [5, 5.41) is 4.56. The minimum atomic E-state index is 0.499. The summed E-state index contributed by atoms with van der Waals surface area (Å²) in [6.45, 7) is 8.33. The molecule has 0 aliphatic rings. The molecule has 0 radical (unpaired) electrons. The lowest BCUT2D eigenvalue weighted by Gasteiger charge is -2.07. The van der Waals surface area contributed by atoms with E-state index in [2.05, 4.69) is 35.8 Å². The van der Waals surface area contributed by atoms with Crippen LogP contribution >= 0.6 is 0 Å². The standard InChI is InChI=1S/C14H21N5/c1-5-7-13-16-12(15)8-14(17-13)19-10(4)11(6-2)9(3)18-19/h8H,5-7H2,1-4H3,(H2,15,16,17). The molecule has 0 aliphatic carbocycles. The molecular weight excluding hydrogens is 238 g/mol. The van der Waals surface area contributed by atoms with Gasteiger partial charge in [-0.15, -0.1) is 0 Å². The van der Waals surface area contributed by atoms with Gasteiger partial charge in [-0.3, -0.25) is 0 Å². The largest absolute Gasteiger partial charge is 0.384 e. The number of nitrogens with zero attached hydrogens (tertiary/aromatic N) is 4. The quantitative estimate of drug-likeness (QED) is 0.915. The maximum Gasteiger partial charge on any atom is 0.159 e. The first-order valence-electron chi connectivity index (χ1n) is 6.75. The third-order valence-corrected chi connectivity index (χ3v) is 3.26. The van der Waals surface area contributed by atoms with Crippen LogP contribution in [0.4, 0.5) is 5.82 Å². The number of hydrogen-bond donors (Lipinski definition) is 1. The molecule has 2 N–H and O–H groups in total. The van der Waals surface area contributed by atoms with E-state index in [0.717, 1.165) is 42.3 Å². The van der Waals surface area contributed by atoms with Crippen molar-refractivity contribution < 1.29 is 0 Å². The molecule has 19 heavy (non-hydrogen) atoms. The average Bonchev–Trinajstić information content (AvgIpc) is 2.64. The van der Waals surface area contributed by atoms with Gasteiger partial charge in [0.2, 0.25) is 0 Å². The molecule has 0 aliphatic heterocycles. The average molecular weight is 259 g/mol. The smallest absolute Gasteiger partial charge is 0.159 e. The maximum absolute atomic E-state index is 5.86. The lowest BCUT2D eigenvalue weighted by molar-refractivity contribution is 0.767. The summed E-state index contributed by atoms with van der Waals surface area (Å²) < 4.78 is 1.87. The summed E-state index contributed by atoms with van der Waals surface area (Å²) in [7, 11) is 0. The van der Waals surface area contributed by atoms with E-state index in [9.17, 15) is 0 Å². The van der Waals surface area contributed by atoms with Crippen molar-refractivity contribution in [2.75, 3.05) is 5.73 Å². The van der Waals surface area contributed by atoms with Gasteiger partial charge >= 0.3 is 0 Å². The number of nitrogen functional groups attached to an aromatic ring is 1. The summed E-state index contributed by atoms with van der Waals surface area (Å²) in [4.78, 5) is 8.81. The van der Waals surface area contributed by atoms with E-state index in [4.69, 9.17) is 5.73 Å². The molecular formula is C14H21N5. The monoisotopic (exact) mass is 259 g/mol. The van der Waals surface area contributed by atoms with Crippen LogP contribution in [-0.4, -0.2) is 19.7 Å². The second-order valence-electron chi connectivity index (χ2n) is 4.73. The molecule has 2 aromatic heterocycles. The number of hydrogen-bond acceptors (Lipinski definition) is 4. The predicted octanol–water partition coefficient (Wildman–Crippen LogP) is 2.38. The fourth-order valence-corrected chi connectivity index (χ4v) is 2.36. The van der Waals surface area contributed by atoms with Crippen molar-refractivity contribution in [3.05, 3.63) is 28.8 Å². The predicted molar refractivity (Wildman–Crippen MR) is 76.4 cm³/mol. The Hall–Kier alpha value is -1.91. The lowest BCUT2D eigenvalue weighted by atomic mass is 10.1. The summed E-state index contributed by atoms with van der Waals surface area (Å²) in [5.74, 6) is 2.04. The zero-order valence-electron chi connectivity index (χ0n) is 12.1. The van der Waals surface area contributed by atoms with Gasteiger partial charge in [-0.1, -0.05) is 13.8 Å². The van der Waals surface area contributed by atoms with Crippen LogP contribution in [0.15, 0.2) is 6.07 Å². The molecule has 0 unspecified atom stereocenters. The van der Waals surface area contributed by atoms with Gasteiger partial charge in [0, 0.05) is 18.2 Å². The van der Waals surface area contributed by atoms with Gasteiger partial charge < -0.3 is 5.73 Å². The van der Waals surface area contributed by atoms with Gasteiger partial charge in [-0.05, 0) is 32.3 Å². The highest BCUT2D eigenvalue weighted by Gasteiger charge is 2.13. The van der Waals surface area contributed by atoms with Crippen LogP contribution in [0, 0.1) is 13.8 Å². The van der Waals surface area contributed by atoms with Crippen molar-refractivity contribution in [3.63, 3.8) is 0 Å². The first-order chi connectivity index (χ1) is 9.06. The minimum Gasteiger partial charge on any atom is -0.384 e. The van der Waals surface area contributed by atoms with Crippen molar-refractivity contribution in [1.82, 2.24) is 19.7 Å². The van der Waals surface area contributed by atoms with E-state index >= 15 is 0 Å². The molecule has 5 nitrogen and oxygen atoms in total. The van der Waals surface area contributed by atoms with Crippen LogP contribution in [0.25, 0.3) is 5.82 Å². The first kappa shape index (κ1) is 13.5. The fraction of sp³-hybridized carbons (Fsp3) is 0.500. The van der Waals surface area contributed by atoms with E-state index in [1.165, 1.54) is 5.56 Å². The normalized spacial score (nSPS) is 10.9. The van der Waals surface area contributed by atoms with Crippen molar-refractivity contribution in [2.24, 2.45) is 0 Å². The molecule has 2 rings (SSSR count). The Bertz CT molecular complexity index is 586. The Labute approximate surface area is 113 Å². The van der Waals surface area contributed by atoms with Crippen LogP contribution in [0.2, 0.25) is 0 Å². The molecule has 0 spiro atoms. The number of aromatic nitrogens is 4. The summed E-state index contributed by atoms with van der Waals surface area (Å²) in [6.07, 6.45) is 2.80. The Morgan fingerprint density at radius 2 is 1.95 bits per heavy atom. The third kappa shape index (κ3) is 2.59. The Kier molecular flexibility index (Phi) is 3.83. The van der Waals surface area contributed by atoms with E-state index in [1.807, 2.05) is 11.6 Å². The van der Waals surface area contributed by atoms with E-state index in [0.29, 0.717) is 5.82 Å². The van der Waals surface area contributed by atoms with Gasteiger partial charge in [-0.2, -0.15) is 5.10 Å². The number of aryl methyl sites for hydroxylation is 2. The minimum absolute atomic E-state index is 0.499. The molecule has 5 heteroatoms. The summed E-state index contributed by atoms with van der Waals surface area (Å²) >= 11 is 0. The molecule has 2 heterocycles. The van der Waals surface area contributed by atoms with E-state index in [-0.39, 0.29) is 0 Å². The molecule has 102 valence electrons. The fourth-order valence-electron chi connectivity index (χ4n) is 2.36. The topological polar surface area (TPSA) is 69.6 Å². The van der Waals surface area contributed by atoms with Crippen LogP contribution in [0.1, 0.15) is 43.0 Å². The Morgan fingerprint density at radius 3 is 2.53 bits per heavy atom. The molecule has 0 saturated carbocycles. The van der Waals surface area contributed by atoms with Gasteiger partial charge in [0.05, 0.1) is 5.69 Å². The van der Waals surface area contributed by atoms with Gasteiger partial charge in [0.25, 0.3) is 0 Å². The van der Waals surface area contributed by atoms with Crippen molar-refractivity contribution in [3.8, 4) is 5.82 Å². The van der Waals surface area contributed by atoms with Gasteiger partial charge in [0.1, 0.15) is 11.6 Å². The van der Waals surface area contributed by atoms with E-state index in [1.54, 1.807) is 6.07 Å². The molecule has 0 aromatic carbocycles. The Morgan fingerprint density at radius 1 is 1.21 bits per heavy atom. The SMILES string of the molecule is CCCc1nc(N)cc(-n2nc(C)c(CC)c2C)n1. The van der Waals surface area contributed by atoms with Crippen LogP contribution in [0.5, 0.6) is 0 Å². The maximum atomic E-state index is 5.86. The molecule has 2 aromatic rings.